The number of hydrogen-bond donors (Lipinski definition) is 0. The van der Waals surface area contributed by atoms with Crippen LogP contribution in [-0.4, -0.2) is 29.3 Å². The topological polar surface area (TPSA) is 20.3 Å². The molecule has 0 heterocycles. The molecule has 0 N–H and O–H groups in total. The number of hydrogen-bond acceptors (Lipinski definition) is 2. The smallest absolute Gasteiger partial charge is 0.238 e. The van der Waals surface area contributed by atoms with Crippen LogP contribution in [-0.2, 0) is 4.79 Å². The Morgan fingerprint density at radius 1 is 1.50 bits per heavy atom. The predicted octanol–water partition coefficient (Wildman–Crippen LogP) is 1.81. The maximum Gasteiger partial charge on any atom is 0.238 e. The zero-order chi connectivity index (χ0) is 9.56. The standard InChI is InChI=1S/C9H14ClNO/c1-4-6-11(7-5-2)8(3)9(10)12/h4-5,8H,1-2,6-7H2,3H3. The molecule has 0 fully saturated rings. The van der Waals surface area contributed by atoms with Crippen LogP contribution in [0.3, 0.4) is 0 Å². The molecule has 0 rings (SSSR count). The molecular weight excluding hydrogens is 174 g/mol. The quantitative estimate of drug-likeness (QED) is 0.467. The first kappa shape index (κ1) is 11.4. The Morgan fingerprint density at radius 3 is 2.17 bits per heavy atom. The summed E-state index contributed by atoms with van der Waals surface area (Å²) in [6.07, 6.45) is 3.47. The highest BCUT2D eigenvalue weighted by Gasteiger charge is 2.16. The molecule has 0 bridgehead atoms. The minimum absolute atomic E-state index is 0.275. The Kier molecular flexibility index (Phi) is 5.68. The summed E-state index contributed by atoms with van der Waals surface area (Å²) in [6, 6.07) is -0.275. The molecular formula is C9H14ClNO. The molecule has 0 saturated heterocycles. The van der Waals surface area contributed by atoms with E-state index in [-0.39, 0.29) is 11.3 Å². The largest absolute Gasteiger partial charge is 0.285 e. The van der Waals surface area contributed by atoms with E-state index < -0.39 is 0 Å². The molecule has 0 aromatic heterocycles. The fourth-order valence-electron chi connectivity index (χ4n) is 0.866. The number of rotatable bonds is 6. The van der Waals surface area contributed by atoms with Crippen molar-refractivity contribution < 1.29 is 4.79 Å². The van der Waals surface area contributed by atoms with Gasteiger partial charge in [-0.05, 0) is 18.5 Å². The van der Waals surface area contributed by atoms with Gasteiger partial charge in [-0.2, -0.15) is 0 Å². The van der Waals surface area contributed by atoms with Gasteiger partial charge in [0.25, 0.3) is 0 Å². The first-order valence-corrected chi connectivity index (χ1v) is 4.16. The van der Waals surface area contributed by atoms with Crippen LogP contribution in [0.1, 0.15) is 6.92 Å². The first-order valence-electron chi connectivity index (χ1n) is 3.78. The van der Waals surface area contributed by atoms with Gasteiger partial charge in [0.2, 0.25) is 5.24 Å². The van der Waals surface area contributed by atoms with Crippen molar-refractivity contribution in [1.82, 2.24) is 4.90 Å². The van der Waals surface area contributed by atoms with Gasteiger partial charge in [0.15, 0.2) is 0 Å². The summed E-state index contributed by atoms with van der Waals surface area (Å²) >= 11 is 5.35. The summed E-state index contributed by atoms with van der Waals surface area (Å²) in [7, 11) is 0. The van der Waals surface area contributed by atoms with Crippen molar-refractivity contribution in [1.29, 1.82) is 0 Å². The summed E-state index contributed by atoms with van der Waals surface area (Å²) in [5.74, 6) is 0. The summed E-state index contributed by atoms with van der Waals surface area (Å²) < 4.78 is 0. The molecule has 0 aliphatic heterocycles. The fraction of sp³-hybridized carbons (Fsp3) is 0.444. The molecule has 2 nitrogen and oxygen atoms in total. The summed E-state index contributed by atoms with van der Waals surface area (Å²) in [4.78, 5) is 12.7. The SMILES string of the molecule is C=CCN(CC=C)C(C)C(=O)Cl. The molecule has 0 amide bonds. The minimum atomic E-state index is -0.348. The molecule has 68 valence electrons. The molecule has 0 aromatic carbocycles. The van der Waals surface area contributed by atoms with Gasteiger partial charge in [-0.15, -0.1) is 13.2 Å². The Balaban J connectivity index is 4.16. The van der Waals surface area contributed by atoms with Gasteiger partial charge < -0.3 is 0 Å². The second kappa shape index (κ2) is 5.98. The van der Waals surface area contributed by atoms with Crippen molar-refractivity contribution in [2.45, 2.75) is 13.0 Å². The van der Waals surface area contributed by atoms with Crippen LogP contribution in [0.2, 0.25) is 0 Å². The van der Waals surface area contributed by atoms with Gasteiger partial charge in [0, 0.05) is 13.1 Å². The van der Waals surface area contributed by atoms with E-state index in [1.807, 2.05) is 4.90 Å². The van der Waals surface area contributed by atoms with E-state index in [2.05, 4.69) is 13.2 Å². The molecule has 12 heavy (non-hydrogen) atoms. The molecule has 1 unspecified atom stereocenters. The van der Waals surface area contributed by atoms with Crippen LogP contribution in [0.15, 0.2) is 25.3 Å². The van der Waals surface area contributed by atoms with Gasteiger partial charge in [-0.1, -0.05) is 12.2 Å². The van der Waals surface area contributed by atoms with Crippen molar-refractivity contribution in [2.24, 2.45) is 0 Å². The van der Waals surface area contributed by atoms with Crippen LogP contribution >= 0.6 is 11.6 Å². The Bertz CT molecular complexity index is 169. The lowest BCUT2D eigenvalue weighted by atomic mass is 10.3. The minimum Gasteiger partial charge on any atom is -0.285 e. The lowest BCUT2D eigenvalue weighted by Crippen LogP contribution is -2.37. The lowest BCUT2D eigenvalue weighted by molar-refractivity contribution is -0.115. The number of carbonyl (C=O) groups excluding carboxylic acids is 1. The van der Waals surface area contributed by atoms with E-state index in [0.29, 0.717) is 13.1 Å². The van der Waals surface area contributed by atoms with E-state index >= 15 is 0 Å². The second-order valence-corrected chi connectivity index (χ2v) is 2.88. The Hall–Kier alpha value is -0.600. The van der Waals surface area contributed by atoms with Gasteiger partial charge in [-0.25, -0.2) is 0 Å². The van der Waals surface area contributed by atoms with Crippen LogP contribution in [0.4, 0.5) is 0 Å². The van der Waals surface area contributed by atoms with Crippen molar-refractivity contribution in [3.63, 3.8) is 0 Å². The van der Waals surface area contributed by atoms with Crippen molar-refractivity contribution >= 4 is 16.8 Å². The molecule has 0 aliphatic rings. The number of nitrogens with zero attached hydrogens (tertiary/aromatic N) is 1. The summed E-state index contributed by atoms with van der Waals surface area (Å²) in [6.45, 7) is 10.2. The normalized spacial score (nSPS) is 12.6. The summed E-state index contributed by atoms with van der Waals surface area (Å²) in [5.41, 5.74) is 0. The van der Waals surface area contributed by atoms with Gasteiger partial charge in [0.1, 0.15) is 0 Å². The van der Waals surface area contributed by atoms with E-state index in [4.69, 9.17) is 11.6 Å². The molecule has 3 heteroatoms. The molecule has 0 saturated carbocycles. The Morgan fingerprint density at radius 2 is 1.92 bits per heavy atom. The van der Waals surface area contributed by atoms with Crippen molar-refractivity contribution in [2.75, 3.05) is 13.1 Å². The Labute approximate surface area is 78.5 Å². The number of halogens is 1. The fourth-order valence-corrected chi connectivity index (χ4v) is 1.00. The third-order valence-corrected chi connectivity index (χ3v) is 1.92. The van der Waals surface area contributed by atoms with Crippen molar-refractivity contribution in [3.8, 4) is 0 Å². The van der Waals surface area contributed by atoms with Gasteiger partial charge in [0.05, 0.1) is 6.04 Å². The van der Waals surface area contributed by atoms with Crippen LogP contribution in [0.25, 0.3) is 0 Å². The lowest BCUT2D eigenvalue weighted by Gasteiger charge is -2.23. The van der Waals surface area contributed by atoms with Crippen LogP contribution < -0.4 is 0 Å². The van der Waals surface area contributed by atoms with E-state index in [0.717, 1.165) is 0 Å². The third-order valence-electron chi connectivity index (χ3n) is 1.60. The highest BCUT2D eigenvalue weighted by atomic mass is 35.5. The second-order valence-electron chi connectivity index (χ2n) is 2.51. The van der Waals surface area contributed by atoms with E-state index in [9.17, 15) is 4.79 Å². The molecule has 0 spiro atoms. The van der Waals surface area contributed by atoms with Crippen LogP contribution in [0.5, 0.6) is 0 Å². The average Bonchev–Trinajstić information content (AvgIpc) is 2.03. The van der Waals surface area contributed by atoms with Gasteiger partial charge in [-0.3, -0.25) is 9.69 Å². The molecule has 0 aromatic rings. The van der Waals surface area contributed by atoms with Crippen molar-refractivity contribution in [3.05, 3.63) is 25.3 Å². The monoisotopic (exact) mass is 187 g/mol. The first-order chi connectivity index (χ1) is 5.63. The highest BCUT2D eigenvalue weighted by Crippen LogP contribution is 2.02. The van der Waals surface area contributed by atoms with E-state index in [1.54, 1.807) is 19.1 Å². The average molecular weight is 188 g/mol. The maximum atomic E-state index is 10.8. The molecule has 0 radical (unpaired) electrons. The zero-order valence-electron chi connectivity index (χ0n) is 7.29. The zero-order valence-corrected chi connectivity index (χ0v) is 8.05. The molecule has 0 aliphatic carbocycles. The number of carbonyl (C=O) groups is 1. The predicted molar refractivity (Wildman–Crippen MR) is 52.3 cm³/mol. The van der Waals surface area contributed by atoms with Gasteiger partial charge >= 0.3 is 0 Å². The third kappa shape index (κ3) is 3.69. The van der Waals surface area contributed by atoms with Crippen LogP contribution in [0, 0.1) is 0 Å². The maximum absolute atomic E-state index is 10.8. The highest BCUT2D eigenvalue weighted by molar-refractivity contribution is 6.64. The van der Waals surface area contributed by atoms with E-state index in [1.165, 1.54) is 0 Å². The summed E-state index contributed by atoms with van der Waals surface area (Å²) in [5, 5.41) is -0.348. The molecule has 1 atom stereocenters.